The summed E-state index contributed by atoms with van der Waals surface area (Å²) < 4.78 is 0. The van der Waals surface area contributed by atoms with E-state index in [0.717, 1.165) is 24.2 Å². The average molecular weight is 328 g/mol. The van der Waals surface area contributed by atoms with Crippen LogP contribution >= 0.6 is 12.4 Å². The Morgan fingerprint density at radius 1 is 1.41 bits per heavy atom. The molecule has 0 aliphatic carbocycles. The maximum atomic E-state index is 12.8. The summed E-state index contributed by atoms with van der Waals surface area (Å²) in [5.41, 5.74) is 8.67. The number of nitrogens with one attached hydrogen (secondary N) is 1. The zero-order valence-corrected chi connectivity index (χ0v) is 14.6. The Kier molecular flexibility index (Phi) is 5.82. The van der Waals surface area contributed by atoms with E-state index in [0.29, 0.717) is 30.8 Å². The fraction of sp³-hybridized carbons (Fsp3) is 0.625. The molecule has 124 valence electrons. The Labute approximate surface area is 138 Å². The van der Waals surface area contributed by atoms with E-state index in [1.54, 1.807) is 6.92 Å². The highest BCUT2D eigenvalue weighted by Crippen LogP contribution is 2.30. The van der Waals surface area contributed by atoms with Crippen molar-refractivity contribution < 1.29 is 9.59 Å². The molecule has 2 heterocycles. The summed E-state index contributed by atoms with van der Waals surface area (Å²) in [7, 11) is 0. The molecule has 3 N–H and O–H groups in total. The van der Waals surface area contributed by atoms with Crippen molar-refractivity contribution in [2.24, 2.45) is 11.1 Å². The van der Waals surface area contributed by atoms with Crippen LogP contribution in [0.4, 0.5) is 0 Å². The third kappa shape index (κ3) is 3.20. The van der Waals surface area contributed by atoms with Gasteiger partial charge < -0.3 is 15.6 Å². The van der Waals surface area contributed by atoms with E-state index in [2.05, 4.69) is 11.9 Å². The van der Waals surface area contributed by atoms with Crippen molar-refractivity contribution in [3.8, 4) is 0 Å². The molecule has 0 aromatic carbocycles. The summed E-state index contributed by atoms with van der Waals surface area (Å²) in [5, 5.41) is 0. The second-order valence-electron chi connectivity index (χ2n) is 6.38. The fourth-order valence-electron chi connectivity index (χ4n) is 3.21. The molecular weight excluding hydrogens is 302 g/mol. The predicted molar refractivity (Wildman–Crippen MR) is 89.8 cm³/mol. The molecule has 1 aromatic heterocycles. The highest BCUT2D eigenvalue weighted by atomic mass is 35.5. The zero-order valence-electron chi connectivity index (χ0n) is 13.8. The van der Waals surface area contributed by atoms with Gasteiger partial charge in [-0.1, -0.05) is 13.8 Å². The van der Waals surface area contributed by atoms with Crippen LogP contribution in [0.1, 0.15) is 59.3 Å². The first-order valence-electron chi connectivity index (χ1n) is 7.54. The van der Waals surface area contributed by atoms with Crippen LogP contribution in [0.15, 0.2) is 0 Å². The number of nitrogens with two attached hydrogens (primary N) is 1. The number of aromatic amines is 1. The van der Waals surface area contributed by atoms with Crippen LogP contribution in [0, 0.1) is 12.3 Å². The van der Waals surface area contributed by atoms with Gasteiger partial charge in [-0.2, -0.15) is 0 Å². The van der Waals surface area contributed by atoms with Crippen LogP contribution in [0.25, 0.3) is 0 Å². The van der Waals surface area contributed by atoms with Gasteiger partial charge in [-0.15, -0.1) is 12.4 Å². The van der Waals surface area contributed by atoms with E-state index in [1.807, 2.05) is 18.7 Å². The smallest absolute Gasteiger partial charge is 0.270 e. The lowest BCUT2D eigenvalue weighted by Gasteiger charge is -2.22. The monoisotopic (exact) mass is 327 g/mol. The van der Waals surface area contributed by atoms with Crippen molar-refractivity contribution in [2.75, 3.05) is 19.6 Å². The number of H-pyrrole nitrogens is 1. The highest BCUT2D eigenvalue weighted by molar-refractivity contribution is 6.02. The first kappa shape index (κ1) is 18.7. The number of Topliss-reactive ketones (excluding diaryl/α,β-unsaturated/α-hetero) is 1. The summed E-state index contributed by atoms with van der Waals surface area (Å²) in [4.78, 5) is 29.5. The number of ketones is 1. The molecular formula is C16H26ClN3O2. The molecule has 1 saturated heterocycles. The standard InChI is InChI=1S/C16H25N3O2.ClH/c1-5-12-13(11(3)20)10(2)18-14(12)15(21)19-7-6-16(4,8-17)9-19;/h18H,5-9,17H2,1-4H3;1H. The van der Waals surface area contributed by atoms with Gasteiger partial charge in [-0.3, -0.25) is 9.59 Å². The Balaban J connectivity index is 0.00000242. The molecule has 5 nitrogen and oxygen atoms in total. The molecule has 1 amide bonds. The first-order valence-corrected chi connectivity index (χ1v) is 7.54. The highest BCUT2D eigenvalue weighted by Gasteiger charge is 2.36. The van der Waals surface area contributed by atoms with Crippen LogP contribution in [0.5, 0.6) is 0 Å². The van der Waals surface area contributed by atoms with Crippen molar-refractivity contribution in [1.82, 2.24) is 9.88 Å². The second-order valence-corrected chi connectivity index (χ2v) is 6.38. The van der Waals surface area contributed by atoms with E-state index in [-0.39, 0.29) is 29.5 Å². The van der Waals surface area contributed by atoms with Gasteiger partial charge in [0.1, 0.15) is 5.69 Å². The number of aryl methyl sites for hydroxylation is 1. The number of halogens is 1. The molecule has 2 rings (SSSR count). The lowest BCUT2D eigenvalue weighted by Crippen LogP contribution is -2.35. The van der Waals surface area contributed by atoms with Gasteiger partial charge in [-0.05, 0) is 44.2 Å². The Morgan fingerprint density at radius 3 is 2.50 bits per heavy atom. The first-order chi connectivity index (χ1) is 9.83. The molecule has 1 fully saturated rings. The van der Waals surface area contributed by atoms with Crippen molar-refractivity contribution >= 4 is 24.1 Å². The van der Waals surface area contributed by atoms with Crippen LogP contribution in [-0.4, -0.2) is 41.2 Å². The predicted octanol–water partition coefficient (Wildman–Crippen LogP) is 2.32. The summed E-state index contributed by atoms with van der Waals surface area (Å²) >= 11 is 0. The molecule has 1 unspecified atom stereocenters. The molecule has 0 spiro atoms. The van der Waals surface area contributed by atoms with Crippen LogP contribution in [-0.2, 0) is 6.42 Å². The molecule has 0 bridgehead atoms. The molecule has 0 radical (unpaired) electrons. The molecule has 1 aromatic rings. The lowest BCUT2D eigenvalue weighted by atomic mass is 9.90. The Bertz CT molecular complexity index is 582. The molecule has 1 aliphatic heterocycles. The quantitative estimate of drug-likeness (QED) is 0.833. The van der Waals surface area contributed by atoms with E-state index in [4.69, 9.17) is 5.73 Å². The van der Waals surface area contributed by atoms with Crippen LogP contribution in [0.3, 0.4) is 0 Å². The molecule has 1 atom stereocenters. The average Bonchev–Trinajstić information content (AvgIpc) is 2.99. The van der Waals surface area contributed by atoms with Gasteiger partial charge in [-0.25, -0.2) is 0 Å². The molecule has 22 heavy (non-hydrogen) atoms. The van der Waals surface area contributed by atoms with Gasteiger partial charge in [0.15, 0.2) is 5.78 Å². The second kappa shape index (κ2) is 6.84. The number of hydrogen-bond donors (Lipinski definition) is 2. The molecule has 1 aliphatic rings. The van der Waals surface area contributed by atoms with Gasteiger partial charge in [0, 0.05) is 24.3 Å². The molecule has 6 heteroatoms. The summed E-state index contributed by atoms with van der Waals surface area (Å²) in [6, 6.07) is 0. The van der Waals surface area contributed by atoms with E-state index in [9.17, 15) is 9.59 Å². The van der Waals surface area contributed by atoms with Crippen molar-refractivity contribution in [1.29, 1.82) is 0 Å². The topological polar surface area (TPSA) is 79.2 Å². The third-order valence-electron chi connectivity index (χ3n) is 4.55. The lowest BCUT2D eigenvalue weighted by molar-refractivity contribution is 0.0770. The Hall–Kier alpha value is -1.33. The maximum absolute atomic E-state index is 12.8. The summed E-state index contributed by atoms with van der Waals surface area (Å²) in [6.07, 6.45) is 1.60. The largest absolute Gasteiger partial charge is 0.354 e. The molecule has 0 saturated carbocycles. The minimum Gasteiger partial charge on any atom is -0.354 e. The number of rotatable bonds is 4. The zero-order chi connectivity index (χ0) is 15.8. The van der Waals surface area contributed by atoms with E-state index < -0.39 is 0 Å². The number of aromatic nitrogens is 1. The Morgan fingerprint density at radius 2 is 2.05 bits per heavy atom. The summed E-state index contributed by atoms with van der Waals surface area (Å²) in [5.74, 6) is -0.00695. The number of nitrogens with zero attached hydrogens (tertiary/aromatic N) is 1. The normalized spacial score (nSPS) is 20.9. The van der Waals surface area contributed by atoms with Crippen molar-refractivity contribution in [3.63, 3.8) is 0 Å². The SMILES string of the molecule is CCc1c(C(=O)N2CCC(C)(CN)C2)[nH]c(C)c1C(C)=O.Cl. The third-order valence-corrected chi connectivity index (χ3v) is 4.55. The maximum Gasteiger partial charge on any atom is 0.270 e. The fourth-order valence-corrected chi connectivity index (χ4v) is 3.21. The van der Waals surface area contributed by atoms with Crippen molar-refractivity contribution in [3.05, 3.63) is 22.5 Å². The minimum atomic E-state index is -0.0142. The van der Waals surface area contributed by atoms with Gasteiger partial charge in [0.25, 0.3) is 5.91 Å². The van der Waals surface area contributed by atoms with Crippen molar-refractivity contribution in [2.45, 2.75) is 40.5 Å². The van der Waals surface area contributed by atoms with Crippen LogP contribution in [0.2, 0.25) is 0 Å². The van der Waals surface area contributed by atoms with E-state index >= 15 is 0 Å². The van der Waals surface area contributed by atoms with Gasteiger partial charge in [0.05, 0.1) is 0 Å². The number of carbonyl (C=O) groups excluding carboxylic acids is 2. The number of amides is 1. The van der Waals surface area contributed by atoms with E-state index in [1.165, 1.54) is 0 Å². The van der Waals surface area contributed by atoms with Gasteiger partial charge in [0.2, 0.25) is 0 Å². The number of hydrogen-bond acceptors (Lipinski definition) is 3. The summed E-state index contributed by atoms with van der Waals surface area (Å²) in [6.45, 7) is 9.47. The van der Waals surface area contributed by atoms with Crippen LogP contribution < -0.4 is 5.73 Å². The number of carbonyl (C=O) groups is 2. The van der Waals surface area contributed by atoms with Gasteiger partial charge >= 0.3 is 0 Å². The minimum absolute atomic E-state index is 0. The number of likely N-dealkylation sites (tertiary alicyclic amines) is 1.